The van der Waals surface area contributed by atoms with Gasteiger partial charge in [-0.05, 0) is 44.5 Å². The SMILES string of the molecule is Cc1ccc(S(N)(=O)=O)cc1NC(=O)C1CCNC1C. The molecule has 0 bridgehead atoms. The Hall–Kier alpha value is -1.44. The van der Waals surface area contributed by atoms with Gasteiger partial charge in [0.05, 0.1) is 10.8 Å². The fraction of sp³-hybridized carbons (Fsp3) is 0.462. The van der Waals surface area contributed by atoms with E-state index in [1.807, 2.05) is 6.92 Å². The van der Waals surface area contributed by atoms with E-state index in [-0.39, 0.29) is 22.8 Å². The maximum atomic E-state index is 12.2. The van der Waals surface area contributed by atoms with Crippen LogP contribution in [0.3, 0.4) is 0 Å². The molecule has 0 radical (unpaired) electrons. The molecule has 0 spiro atoms. The molecule has 1 saturated heterocycles. The van der Waals surface area contributed by atoms with Crippen molar-refractivity contribution in [3.63, 3.8) is 0 Å². The Kier molecular flexibility index (Phi) is 4.12. The molecule has 1 aliphatic heterocycles. The molecule has 2 rings (SSSR count). The standard InChI is InChI=1S/C13H19N3O3S/c1-8-3-4-10(20(14,18)19)7-12(8)16-13(17)11-5-6-15-9(11)2/h3-4,7,9,11,15H,5-6H2,1-2H3,(H,16,17)(H2,14,18,19). The Balaban J connectivity index is 2.22. The molecule has 6 nitrogen and oxygen atoms in total. The molecule has 0 saturated carbocycles. The van der Waals surface area contributed by atoms with Crippen molar-refractivity contribution in [1.29, 1.82) is 0 Å². The van der Waals surface area contributed by atoms with Gasteiger partial charge in [-0.1, -0.05) is 6.07 Å². The van der Waals surface area contributed by atoms with Crippen molar-refractivity contribution in [3.8, 4) is 0 Å². The Morgan fingerprint density at radius 1 is 1.45 bits per heavy atom. The third-order valence-electron chi connectivity index (χ3n) is 3.66. The topological polar surface area (TPSA) is 101 Å². The maximum absolute atomic E-state index is 12.2. The van der Waals surface area contributed by atoms with E-state index < -0.39 is 10.0 Å². The van der Waals surface area contributed by atoms with E-state index in [0.29, 0.717) is 5.69 Å². The summed E-state index contributed by atoms with van der Waals surface area (Å²) >= 11 is 0. The molecule has 4 N–H and O–H groups in total. The summed E-state index contributed by atoms with van der Waals surface area (Å²) < 4.78 is 22.7. The van der Waals surface area contributed by atoms with E-state index in [1.54, 1.807) is 13.0 Å². The minimum Gasteiger partial charge on any atom is -0.326 e. The largest absolute Gasteiger partial charge is 0.326 e. The van der Waals surface area contributed by atoms with Crippen molar-refractivity contribution in [1.82, 2.24) is 5.32 Å². The van der Waals surface area contributed by atoms with Gasteiger partial charge in [0.1, 0.15) is 0 Å². The number of hydrogen-bond donors (Lipinski definition) is 3. The average Bonchev–Trinajstić information content (AvgIpc) is 2.77. The minimum absolute atomic E-state index is 0.00371. The van der Waals surface area contributed by atoms with E-state index in [9.17, 15) is 13.2 Å². The second kappa shape index (κ2) is 5.51. The van der Waals surface area contributed by atoms with E-state index in [2.05, 4.69) is 10.6 Å². The van der Waals surface area contributed by atoms with Gasteiger partial charge in [-0.15, -0.1) is 0 Å². The molecule has 1 heterocycles. The number of nitrogens with two attached hydrogens (primary N) is 1. The lowest BCUT2D eigenvalue weighted by Gasteiger charge is -2.16. The van der Waals surface area contributed by atoms with Crippen LogP contribution in [0.4, 0.5) is 5.69 Å². The van der Waals surface area contributed by atoms with Gasteiger partial charge in [-0.25, -0.2) is 13.6 Å². The molecule has 0 aromatic heterocycles. The number of rotatable bonds is 3. The fourth-order valence-electron chi connectivity index (χ4n) is 2.36. The molecular weight excluding hydrogens is 278 g/mol. The van der Waals surface area contributed by atoms with Crippen LogP contribution in [-0.2, 0) is 14.8 Å². The van der Waals surface area contributed by atoms with E-state index in [1.165, 1.54) is 12.1 Å². The highest BCUT2D eigenvalue weighted by Crippen LogP contribution is 2.22. The van der Waals surface area contributed by atoms with Crippen LogP contribution in [0, 0.1) is 12.8 Å². The summed E-state index contributed by atoms with van der Waals surface area (Å²) in [4.78, 5) is 12.2. The van der Waals surface area contributed by atoms with Crippen molar-refractivity contribution in [3.05, 3.63) is 23.8 Å². The van der Waals surface area contributed by atoms with Crippen LogP contribution in [0.25, 0.3) is 0 Å². The molecule has 7 heteroatoms. The summed E-state index contributed by atoms with van der Waals surface area (Å²) in [5, 5.41) is 11.1. The fourth-order valence-corrected chi connectivity index (χ4v) is 2.89. The van der Waals surface area contributed by atoms with Gasteiger partial charge in [-0.2, -0.15) is 0 Å². The van der Waals surface area contributed by atoms with Gasteiger partial charge in [0.15, 0.2) is 0 Å². The van der Waals surface area contributed by atoms with Crippen LogP contribution in [0.15, 0.2) is 23.1 Å². The number of carbonyl (C=O) groups is 1. The number of nitrogens with one attached hydrogen (secondary N) is 2. The van der Waals surface area contributed by atoms with Crippen LogP contribution in [0.5, 0.6) is 0 Å². The van der Waals surface area contributed by atoms with Crippen LogP contribution in [0.1, 0.15) is 18.9 Å². The molecule has 1 fully saturated rings. The average molecular weight is 297 g/mol. The number of aryl methyl sites for hydroxylation is 1. The van der Waals surface area contributed by atoms with Crippen molar-refractivity contribution in [2.45, 2.75) is 31.2 Å². The Labute approximate surface area is 118 Å². The first kappa shape index (κ1) is 15.0. The summed E-state index contributed by atoms with van der Waals surface area (Å²) in [6.07, 6.45) is 0.779. The van der Waals surface area contributed by atoms with Gasteiger partial charge in [-0.3, -0.25) is 4.79 Å². The Bertz CT molecular complexity index is 628. The molecular formula is C13H19N3O3S. The number of benzene rings is 1. The Morgan fingerprint density at radius 2 is 2.15 bits per heavy atom. The lowest BCUT2D eigenvalue weighted by atomic mass is 10.0. The first-order chi connectivity index (χ1) is 9.29. The first-order valence-electron chi connectivity index (χ1n) is 6.47. The minimum atomic E-state index is -3.77. The number of carbonyl (C=O) groups excluding carboxylic acids is 1. The highest BCUT2D eigenvalue weighted by atomic mass is 32.2. The Morgan fingerprint density at radius 3 is 2.70 bits per heavy atom. The summed E-state index contributed by atoms with van der Waals surface area (Å²) in [6.45, 7) is 4.58. The first-order valence-corrected chi connectivity index (χ1v) is 8.01. The van der Waals surface area contributed by atoms with Gasteiger partial charge in [0.2, 0.25) is 15.9 Å². The van der Waals surface area contributed by atoms with Gasteiger partial charge >= 0.3 is 0 Å². The lowest BCUT2D eigenvalue weighted by molar-refractivity contribution is -0.120. The van der Waals surface area contributed by atoms with Crippen LogP contribution in [-0.4, -0.2) is 26.9 Å². The monoisotopic (exact) mass is 297 g/mol. The third kappa shape index (κ3) is 3.17. The zero-order valence-corrected chi connectivity index (χ0v) is 12.3. The third-order valence-corrected chi connectivity index (χ3v) is 4.57. The molecule has 1 aliphatic rings. The van der Waals surface area contributed by atoms with Crippen molar-refractivity contribution >= 4 is 21.6 Å². The molecule has 0 aliphatic carbocycles. The number of hydrogen-bond acceptors (Lipinski definition) is 4. The molecule has 2 atom stereocenters. The number of sulfonamides is 1. The number of anilines is 1. The van der Waals surface area contributed by atoms with E-state index >= 15 is 0 Å². The number of amides is 1. The zero-order chi connectivity index (χ0) is 14.9. The van der Waals surface area contributed by atoms with Crippen LogP contribution < -0.4 is 15.8 Å². The highest BCUT2D eigenvalue weighted by Gasteiger charge is 2.29. The van der Waals surface area contributed by atoms with Crippen LogP contribution >= 0.6 is 0 Å². The van der Waals surface area contributed by atoms with Crippen molar-refractivity contribution < 1.29 is 13.2 Å². The molecule has 1 aromatic carbocycles. The molecule has 110 valence electrons. The molecule has 1 amide bonds. The lowest BCUT2D eigenvalue weighted by Crippen LogP contribution is -2.32. The summed E-state index contributed by atoms with van der Waals surface area (Å²) in [7, 11) is -3.77. The molecule has 2 unspecified atom stereocenters. The summed E-state index contributed by atoms with van der Waals surface area (Å²) in [5.41, 5.74) is 1.28. The summed E-state index contributed by atoms with van der Waals surface area (Å²) in [6, 6.07) is 4.58. The predicted octanol–water partition coefficient (Wildman–Crippen LogP) is 0.579. The number of primary sulfonamides is 1. The quantitative estimate of drug-likeness (QED) is 0.759. The van der Waals surface area contributed by atoms with E-state index in [4.69, 9.17) is 5.14 Å². The van der Waals surface area contributed by atoms with Gasteiger partial charge in [0.25, 0.3) is 0 Å². The highest BCUT2D eigenvalue weighted by molar-refractivity contribution is 7.89. The normalized spacial score (nSPS) is 22.8. The zero-order valence-electron chi connectivity index (χ0n) is 11.5. The van der Waals surface area contributed by atoms with Crippen molar-refractivity contribution in [2.24, 2.45) is 11.1 Å². The van der Waals surface area contributed by atoms with E-state index in [0.717, 1.165) is 18.5 Å². The van der Waals surface area contributed by atoms with Crippen molar-refractivity contribution in [2.75, 3.05) is 11.9 Å². The summed E-state index contributed by atoms with van der Waals surface area (Å²) in [5.74, 6) is -0.204. The second-order valence-corrected chi connectivity index (χ2v) is 6.71. The van der Waals surface area contributed by atoms with Gasteiger partial charge < -0.3 is 10.6 Å². The predicted molar refractivity (Wildman–Crippen MR) is 76.8 cm³/mol. The maximum Gasteiger partial charge on any atom is 0.238 e. The smallest absolute Gasteiger partial charge is 0.238 e. The molecule has 20 heavy (non-hydrogen) atoms. The van der Waals surface area contributed by atoms with Gasteiger partial charge in [0, 0.05) is 11.7 Å². The second-order valence-electron chi connectivity index (χ2n) is 5.15. The van der Waals surface area contributed by atoms with Crippen LogP contribution in [0.2, 0.25) is 0 Å². The molecule has 1 aromatic rings.